The predicted octanol–water partition coefficient (Wildman–Crippen LogP) is 0.287. The third-order valence-electron chi connectivity index (χ3n) is 9.15. The molecule has 2 unspecified atom stereocenters. The smallest absolute Gasteiger partial charge is 0.407 e. The van der Waals surface area contributed by atoms with Crippen LogP contribution >= 0.6 is 0 Å². The minimum Gasteiger partial charge on any atom is -0.746 e. The van der Waals surface area contributed by atoms with E-state index in [1.807, 2.05) is 18.7 Å². The Morgan fingerprint density at radius 3 is 2.46 bits per heavy atom. The van der Waals surface area contributed by atoms with Gasteiger partial charge in [-0.15, -0.1) is 0 Å². The predicted molar refractivity (Wildman–Crippen MR) is 145 cm³/mol. The second kappa shape index (κ2) is 13.2. The lowest BCUT2D eigenvalue weighted by molar-refractivity contribution is -0.132. The maximum absolute atomic E-state index is 13.1. The van der Waals surface area contributed by atoms with Crippen molar-refractivity contribution in [3.05, 3.63) is 0 Å². The highest BCUT2D eigenvalue weighted by atomic mass is 32.2. The molecule has 232 valence electrons. The Morgan fingerprint density at radius 1 is 1.12 bits per heavy atom. The summed E-state index contributed by atoms with van der Waals surface area (Å²) in [5, 5.41) is 17.6. The van der Waals surface area contributed by atoms with Gasteiger partial charge in [0.05, 0.1) is 12.0 Å². The molecule has 4 fully saturated rings. The van der Waals surface area contributed by atoms with Gasteiger partial charge in [0.1, 0.15) is 22.8 Å². The van der Waals surface area contributed by atoms with Crippen molar-refractivity contribution in [1.29, 1.82) is 0 Å². The minimum absolute atomic E-state index is 0.0244. The summed E-state index contributed by atoms with van der Waals surface area (Å²) in [6.45, 7) is 5.25. The van der Waals surface area contributed by atoms with Crippen LogP contribution in [0.15, 0.2) is 0 Å². The van der Waals surface area contributed by atoms with Gasteiger partial charge in [-0.2, -0.15) is 0 Å². The number of rotatable bonds is 13. The van der Waals surface area contributed by atoms with Crippen LogP contribution in [0.25, 0.3) is 0 Å². The van der Waals surface area contributed by atoms with Crippen LogP contribution in [-0.4, -0.2) is 90.6 Å². The fraction of sp³-hybridized carbons (Fsp3) is 0.852. The van der Waals surface area contributed by atoms with E-state index in [1.54, 1.807) is 0 Å². The number of nitrogens with one attached hydrogen (secondary N) is 3. The topological polar surface area (TPSA) is 194 Å². The number of carbonyl (C=O) groups excluding carboxylic acids is 4. The molecule has 14 heteroatoms. The van der Waals surface area contributed by atoms with Gasteiger partial charge in [0.25, 0.3) is 0 Å². The molecular formula is C27H43N4O9S-. The lowest BCUT2D eigenvalue weighted by Crippen LogP contribution is -2.55. The summed E-state index contributed by atoms with van der Waals surface area (Å²) in [7, 11) is -5.21. The summed E-state index contributed by atoms with van der Waals surface area (Å²) in [4.78, 5) is 52.6. The van der Waals surface area contributed by atoms with Gasteiger partial charge >= 0.3 is 6.09 Å². The molecule has 4 N–H and O–H groups in total. The molecule has 0 spiro atoms. The van der Waals surface area contributed by atoms with Crippen molar-refractivity contribution < 1.29 is 42.0 Å². The second-order valence-corrected chi connectivity index (χ2v) is 14.1. The van der Waals surface area contributed by atoms with Gasteiger partial charge in [-0.3, -0.25) is 14.4 Å². The van der Waals surface area contributed by atoms with E-state index in [9.17, 15) is 37.3 Å². The van der Waals surface area contributed by atoms with Gasteiger partial charge in [-0.1, -0.05) is 20.3 Å². The molecule has 13 nitrogen and oxygen atoms in total. The van der Waals surface area contributed by atoms with E-state index in [0.29, 0.717) is 37.8 Å². The Bertz CT molecular complexity index is 1100. The SMILES string of the molecule is CC(C)C[C@H](NC(=O)OCC1CCN(C[C@H]2C[C@H]3CC[C@@H]2C3)C1=O)C(=O)N[C@@H](C[C@@H]1CCNC1=O)C(O)S(=O)(=O)[O-]. The molecule has 0 radical (unpaired) electrons. The largest absolute Gasteiger partial charge is 0.746 e. The average Bonchev–Trinajstić information content (AvgIpc) is 3.68. The van der Waals surface area contributed by atoms with Gasteiger partial charge in [0.2, 0.25) is 17.7 Å². The van der Waals surface area contributed by atoms with E-state index < -0.39 is 51.5 Å². The number of nitrogens with zero attached hydrogens (tertiary/aromatic N) is 1. The summed E-state index contributed by atoms with van der Waals surface area (Å²) in [6, 6.07) is -2.72. The van der Waals surface area contributed by atoms with Crippen LogP contribution in [0.1, 0.15) is 65.2 Å². The molecule has 4 rings (SSSR count). The quantitative estimate of drug-likeness (QED) is 0.215. The highest BCUT2D eigenvalue weighted by Crippen LogP contribution is 2.48. The zero-order valence-electron chi connectivity index (χ0n) is 23.8. The van der Waals surface area contributed by atoms with Crippen LogP contribution in [0.5, 0.6) is 0 Å². The zero-order chi connectivity index (χ0) is 29.9. The number of likely N-dealkylation sites (tertiary alicyclic amines) is 1. The molecule has 0 aromatic rings. The van der Waals surface area contributed by atoms with E-state index >= 15 is 0 Å². The van der Waals surface area contributed by atoms with Crippen LogP contribution in [0.3, 0.4) is 0 Å². The first-order chi connectivity index (χ1) is 19.3. The van der Waals surface area contributed by atoms with Crippen molar-refractivity contribution >= 4 is 33.9 Å². The molecule has 0 aromatic heterocycles. The third-order valence-corrected chi connectivity index (χ3v) is 10.1. The van der Waals surface area contributed by atoms with Gasteiger partial charge in [-0.05, 0) is 68.6 Å². The summed E-state index contributed by atoms with van der Waals surface area (Å²) < 4.78 is 40.0. The standard InChI is InChI=1S/C27H44N4O9S/c1-15(2)9-21(24(33)29-22(26(35)41(37,38)39)12-18-5-7-28-23(18)32)30-27(36)40-14-19-6-8-31(25(19)34)13-20-11-16-3-4-17(20)10-16/h15-22,26,35H,3-14H2,1-2H3,(H,28,32)(H,29,33)(H,30,36)(H,37,38,39)/p-1/t16-,17+,18-,19?,20+,21-,22-,26?/m0/s1. The number of hydrogen-bond acceptors (Lipinski definition) is 9. The van der Waals surface area contributed by atoms with Gasteiger partial charge in [-0.25, -0.2) is 13.2 Å². The first-order valence-electron chi connectivity index (χ1n) is 14.7. The van der Waals surface area contributed by atoms with E-state index in [2.05, 4.69) is 16.0 Å². The molecule has 0 aromatic carbocycles. The maximum Gasteiger partial charge on any atom is 0.407 e. The van der Waals surface area contributed by atoms with E-state index in [4.69, 9.17) is 4.74 Å². The Labute approximate surface area is 241 Å². The lowest BCUT2D eigenvalue weighted by atomic mass is 9.88. The number of aliphatic hydroxyl groups excluding tert-OH is 1. The van der Waals surface area contributed by atoms with Gasteiger partial charge in [0.15, 0.2) is 5.44 Å². The number of ether oxygens (including phenoxy) is 1. The monoisotopic (exact) mass is 599 g/mol. The Hall–Kier alpha value is -2.45. The average molecular weight is 600 g/mol. The normalized spacial score (nSPS) is 29.9. The molecule has 8 atom stereocenters. The Kier molecular flexibility index (Phi) is 10.2. The number of amides is 4. The van der Waals surface area contributed by atoms with Crippen LogP contribution in [0.2, 0.25) is 0 Å². The maximum atomic E-state index is 13.1. The van der Waals surface area contributed by atoms with E-state index in [1.165, 1.54) is 25.7 Å². The molecule has 2 aliphatic heterocycles. The summed E-state index contributed by atoms with van der Waals surface area (Å²) in [5.74, 6) is -0.363. The van der Waals surface area contributed by atoms with Crippen molar-refractivity contribution in [2.45, 2.75) is 82.7 Å². The summed E-state index contributed by atoms with van der Waals surface area (Å²) in [5.41, 5.74) is -2.47. The molecular weight excluding hydrogens is 556 g/mol. The van der Waals surface area contributed by atoms with Crippen molar-refractivity contribution in [2.75, 3.05) is 26.2 Å². The molecule has 2 aliphatic carbocycles. The summed E-state index contributed by atoms with van der Waals surface area (Å²) in [6.07, 6.45) is 4.92. The number of carbonyl (C=O) groups is 4. The van der Waals surface area contributed by atoms with E-state index in [-0.39, 0.29) is 37.2 Å². The molecule has 2 heterocycles. The molecule has 4 aliphatic rings. The first-order valence-corrected chi connectivity index (χ1v) is 16.2. The lowest BCUT2D eigenvalue weighted by Gasteiger charge is -2.29. The molecule has 2 saturated heterocycles. The van der Waals surface area contributed by atoms with Crippen molar-refractivity contribution in [2.24, 2.45) is 35.5 Å². The minimum atomic E-state index is -5.21. The van der Waals surface area contributed by atoms with Gasteiger partial charge in [0, 0.05) is 25.6 Å². The second-order valence-electron chi connectivity index (χ2n) is 12.6. The highest BCUT2D eigenvalue weighted by molar-refractivity contribution is 7.86. The molecule has 41 heavy (non-hydrogen) atoms. The van der Waals surface area contributed by atoms with E-state index in [0.717, 1.165) is 12.5 Å². The molecule has 2 bridgehead atoms. The van der Waals surface area contributed by atoms with Crippen LogP contribution in [0, 0.1) is 35.5 Å². The summed E-state index contributed by atoms with van der Waals surface area (Å²) >= 11 is 0. The van der Waals surface area contributed by atoms with Crippen LogP contribution in [0.4, 0.5) is 4.79 Å². The number of alkyl carbamates (subject to hydrolysis) is 1. The van der Waals surface area contributed by atoms with Crippen molar-refractivity contribution in [1.82, 2.24) is 20.9 Å². The first kappa shape index (κ1) is 31.5. The fourth-order valence-corrected chi connectivity index (χ4v) is 7.57. The Morgan fingerprint density at radius 2 is 1.88 bits per heavy atom. The van der Waals surface area contributed by atoms with Crippen LogP contribution in [-0.2, 0) is 29.2 Å². The number of fused-ring (bicyclic) bond motifs is 2. The molecule has 4 amide bonds. The zero-order valence-corrected chi connectivity index (χ0v) is 24.6. The molecule has 2 saturated carbocycles. The fourth-order valence-electron chi connectivity index (χ4n) is 6.99. The Balaban J connectivity index is 1.30. The van der Waals surface area contributed by atoms with Crippen molar-refractivity contribution in [3.63, 3.8) is 0 Å². The van der Waals surface area contributed by atoms with Crippen LogP contribution < -0.4 is 16.0 Å². The highest BCUT2D eigenvalue weighted by Gasteiger charge is 2.42. The van der Waals surface area contributed by atoms with Gasteiger partial charge < -0.3 is 35.2 Å². The van der Waals surface area contributed by atoms with Crippen molar-refractivity contribution in [3.8, 4) is 0 Å². The number of aliphatic hydroxyl groups is 1. The number of hydrogen-bond donors (Lipinski definition) is 4. The third kappa shape index (κ3) is 8.10.